The predicted molar refractivity (Wildman–Crippen MR) is 73.2 cm³/mol. The number of rotatable bonds is 5. The molecule has 1 aromatic rings. The summed E-state index contributed by atoms with van der Waals surface area (Å²) in [4.78, 5) is 13.4. The van der Waals surface area contributed by atoms with E-state index in [-0.39, 0.29) is 5.91 Å². The lowest BCUT2D eigenvalue weighted by Crippen LogP contribution is -2.12. The molecule has 1 heterocycles. The lowest BCUT2D eigenvalue weighted by atomic mass is 9.97. The molecule has 1 amide bonds. The van der Waals surface area contributed by atoms with Gasteiger partial charge in [-0.15, -0.1) is 0 Å². The van der Waals surface area contributed by atoms with E-state index in [2.05, 4.69) is 0 Å². The maximum Gasteiger partial charge on any atom is 0.222 e. The van der Waals surface area contributed by atoms with Crippen LogP contribution >= 0.6 is 0 Å². The molecule has 1 aromatic carbocycles. The van der Waals surface area contributed by atoms with Crippen molar-refractivity contribution in [2.24, 2.45) is 0 Å². The molecule has 19 heavy (non-hydrogen) atoms. The number of hydrogen-bond acceptors (Lipinski definition) is 3. The average Bonchev–Trinajstić information content (AvgIpc) is 3.22. The van der Waals surface area contributed by atoms with Crippen LogP contribution in [0, 0.1) is 13.8 Å². The summed E-state index contributed by atoms with van der Waals surface area (Å²) in [6.07, 6.45) is 0.293. The first-order chi connectivity index (χ1) is 9.02. The smallest absolute Gasteiger partial charge is 0.222 e. The summed E-state index contributed by atoms with van der Waals surface area (Å²) in [7, 11) is 1.64. The maximum atomic E-state index is 11.6. The minimum atomic E-state index is -0.589. The Hall–Kier alpha value is -1.55. The van der Waals surface area contributed by atoms with Gasteiger partial charge in [0, 0.05) is 19.5 Å². The Bertz CT molecular complexity index is 481. The number of aryl methyl sites for hydroxylation is 2. The molecule has 0 bridgehead atoms. The SMILES string of the molecule is COc1cc(C)c(C(O)CCC(=O)N2CC2)cc1C. The van der Waals surface area contributed by atoms with Gasteiger partial charge < -0.3 is 14.7 Å². The first-order valence-electron chi connectivity index (χ1n) is 6.64. The molecule has 2 rings (SSSR count). The fraction of sp³-hybridized carbons (Fsp3) is 0.533. The summed E-state index contributed by atoms with van der Waals surface area (Å²) in [5, 5.41) is 10.2. The van der Waals surface area contributed by atoms with Gasteiger partial charge in [-0.3, -0.25) is 4.79 Å². The number of amides is 1. The van der Waals surface area contributed by atoms with Crippen molar-refractivity contribution in [2.75, 3.05) is 20.2 Å². The van der Waals surface area contributed by atoms with E-state index in [0.29, 0.717) is 12.8 Å². The lowest BCUT2D eigenvalue weighted by molar-refractivity contribution is -0.126. The summed E-state index contributed by atoms with van der Waals surface area (Å²) < 4.78 is 5.26. The summed E-state index contributed by atoms with van der Waals surface area (Å²) in [6, 6.07) is 3.88. The average molecular weight is 263 g/mol. The van der Waals surface area contributed by atoms with Crippen molar-refractivity contribution in [1.29, 1.82) is 0 Å². The highest BCUT2D eigenvalue weighted by Gasteiger charge is 2.24. The summed E-state index contributed by atoms with van der Waals surface area (Å²) >= 11 is 0. The number of benzene rings is 1. The molecule has 1 aliphatic rings. The van der Waals surface area contributed by atoms with Crippen LogP contribution in [0.4, 0.5) is 0 Å². The molecular formula is C15H21NO3. The number of hydrogen-bond donors (Lipinski definition) is 1. The number of aliphatic hydroxyl groups excluding tert-OH is 1. The van der Waals surface area contributed by atoms with E-state index < -0.39 is 6.10 Å². The lowest BCUT2D eigenvalue weighted by Gasteiger charge is -2.16. The van der Waals surface area contributed by atoms with Crippen LogP contribution in [0.2, 0.25) is 0 Å². The third kappa shape index (κ3) is 3.26. The van der Waals surface area contributed by atoms with E-state index in [1.54, 1.807) is 12.0 Å². The van der Waals surface area contributed by atoms with E-state index in [0.717, 1.165) is 35.5 Å². The van der Waals surface area contributed by atoms with Crippen molar-refractivity contribution in [3.05, 3.63) is 28.8 Å². The van der Waals surface area contributed by atoms with E-state index in [1.807, 2.05) is 26.0 Å². The Balaban J connectivity index is 2.03. The molecular weight excluding hydrogens is 242 g/mol. The maximum absolute atomic E-state index is 11.6. The van der Waals surface area contributed by atoms with E-state index in [4.69, 9.17) is 4.74 Å². The highest BCUT2D eigenvalue weighted by Crippen LogP contribution is 2.29. The second-order valence-electron chi connectivity index (χ2n) is 5.11. The standard InChI is InChI=1S/C15H21NO3/c1-10-9-14(19-3)11(2)8-12(10)13(17)4-5-15(18)16-6-7-16/h8-9,13,17H,4-7H2,1-3H3. The predicted octanol–water partition coefficient (Wildman–Crippen LogP) is 1.97. The first kappa shape index (κ1) is 13.9. The van der Waals surface area contributed by atoms with Crippen molar-refractivity contribution in [3.8, 4) is 5.75 Å². The number of carbonyl (C=O) groups excluding carboxylic acids is 1. The van der Waals surface area contributed by atoms with Gasteiger partial charge in [0.2, 0.25) is 5.91 Å². The third-order valence-corrected chi connectivity index (χ3v) is 3.57. The summed E-state index contributed by atoms with van der Waals surface area (Å²) in [5.74, 6) is 0.968. The first-order valence-corrected chi connectivity index (χ1v) is 6.64. The molecule has 104 valence electrons. The van der Waals surface area contributed by atoms with Gasteiger partial charge in [-0.1, -0.05) is 0 Å². The van der Waals surface area contributed by atoms with Gasteiger partial charge in [-0.2, -0.15) is 0 Å². The molecule has 0 saturated carbocycles. The zero-order chi connectivity index (χ0) is 14.0. The number of aliphatic hydroxyl groups is 1. The monoisotopic (exact) mass is 263 g/mol. The van der Waals surface area contributed by atoms with Crippen LogP contribution in [-0.2, 0) is 4.79 Å². The zero-order valence-electron chi connectivity index (χ0n) is 11.8. The molecule has 1 N–H and O–H groups in total. The van der Waals surface area contributed by atoms with Crippen LogP contribution < -0.4 is 4.74 Å². The molecule has 0 radical (unpaired) electrons. The highest BCUT2D eigenvalue weighted by atomic mass is 16.5. The Morgan fingerprint density at radius 3 is 2.63 bits per heavy atom. The van der Waals surface area contributed by atoms with E-state index in [1.165, 1.54) is 0 Å². The molecule has 0 aliphatic carbocycles. The van der Waals surface area contributed by atoms with Gasteiger partial charge in [-0.05, 0) is 49.1 Å². The largest absolute Gasteiger partial charge is 0.496 e. The van der Waals surface area contributed by atoms with E-state index >= 15 is 0 Å². The Labute approximate surface area is 114 Å². The number of carbonyl (C=O) groups is 1. The number of nitrogens with zero attached hydrogens (tertiary/aromatic N) is 1. The molecule has 1 atom stereocenters. The Kier molecular flexibility index (Phi) is 4.10. The minimum absolute atomic E-state index is 0.141. The molecule has 0 spiro atoms. The molecule has 4 heteroatoms. The van der Waals surface area contributed by atoms with Gasteiger partial charge in [0.05, 0.1) is 13.2 Å². The van der Waals surface area contributed by atoms with Crippen molar-refractivity contribution in [2.45, 2.75) is 32.8 Å². The molecule has 1 saturated heterocycles. The second-order valence-corrected chi connectivity index (χ2v) is 5.11. The third-order valence-electron chi connectivity index (χ3n) is 3.57. The topological polar surface area (TPSA) is 49.5 Å². The Morgan fingerprint density at radius 2 is 2.05 bits per heavy atom. The van der Waals surface area contributed by atoms with Gasteiger partial charge in [-0.25, -0.2) is 0 Å². The van der Waals surface area contributed by atoms with Crippen LogP contribution in [-0.4, -0.2) is 36.1 Å². The Morgan fingerprint density at radius 1 is 1.37 bits per heavy atom. The second kappa shape index (κ2) is 5.61. The molecule has 1 unspecified atom stereocenters. The minimum Gasteiger partial charge on any atom is -0.496 e. The fourth-order valence-electron chi connectivity index (χ4n) is 2.26. The van der Waals surface area contributed by atoms with Crippen LogP contribution in [0.25, 0.3) is 0 Å². The van der Waals surface area contributed by atoms with Crippen LogP contribution in [0.15, 0.2) is 12.1 Å². The van der Waals surface area contributed by atoms with Crippen LogP contribution in [0.5, 0.6) is 5.75 Å². The summed E-state index contributed by atoms with van der Waals surface area (Å²) in [6.45, 7) is 5.65. The van der Waals surface area contributed by atoms with Crippen LogP contribution in [0.3, 0.4) is 0 Å². The highest BCUT2D eigenvalue weighted by molar-refractivity contribution is 5.78. The van der Waals surface area contributed by atoms with E-state index in [9.17, 15) is 9.90 Å². The quantitative estimate of drug-likeness (QED) is 0.826. The fourth-order valence-corrected chi connectivity index (χ4v) is 2.26. The molecule has 1 aliphatic heterocycles. The molecule has 4 nitrogen and oxygen atoms in total. The van der Waals surface area contributed by atoms with Gasteiger partial charge in [0.15, 0.2) is 0 Å². The van der Waals surface area contributed by atoms with Crippen molar-refractivity contribution in [1.82, 2.24) is 4.90 Å². The van der Waals surface area contributed by atoms with Gasteiger partial charge in [0.1, 0.15) is 5.75 Å². The molecule has 1 fully saturated rings. The van der Waals surface area contributed by atoms with Crippen molar-refractivity contribution >= 4 is 5.91 Å². The van der Waals surface area contributed by atoms with Gasteiger partial charge in [0.25, 0.3) is 0 Å². The molecule has 0 aromatic heterocycles. The van der Waals surface area contributed by atoms with Crippen molar-refractivity contribution in [3.63, 3.8) is 0 Å². The van der Waals surface area contributed by atoms with Crippen molar-refractivity contribution < 1.29 is 14.6 Å². The number of ether oxygens (including phenoxy) is 1. The van der Waals surface area contributed by atoms with Crippen LogP contribution in [0.1, 0.15) is 35.6 Å². The number of methoxy groups -OCH3 is 1. The normalized spacial score (nSPS) is 15.3. The van der Waals surface area contributed by atoms with Gasteiger partial charge >= 0.3 is 0 Å². The zero-order valence-corrected chi connectivity index (χ0v) is 11.8. The summed E-state index contributed by atoms with van der Waals surface area (Å²) in [5.41, 5.74) is 2.88.